The molecule has 1 rings (SSSR count). The van der Waals surface area contributed by atoms with Crippen LogP contribution in [0.2, 0.25) is 0 Å². The van der Waals surface area contributed by atoms with Gasteiger partial charge in [0, 0.05) is 12.5 Å². The highest BCUT2D eigenvalue weighted by Crippen LogP contribution is 2.19. The van der Waals surface area contributed by atoms with Gasteiger partial charge in [0.25, 0.3) is 0 Å². The molecule has 0 aliphatic carbocycles. The minimum atomic E-state index is -0.0856. The zero-order chi connectivity index (χ0) is 13.7. The first-order valence-electron chi connectivity index (χ1n) is 6.57. The Kier molecular flexibility index (Phi) is 5.35. The SMILES string of the molecule is CCC(CN)C(=O)NC(C)c1cc(C)ccc1C. The molecule has 3 heteroatoms. The highest BCUT2D eigenvalue weighted by atomic mass is 16.1. The summed E-state index contributed by atoms with van der Waals surface area (Å²) >= 11 is 0. The molecule has 0 heterocycles. The van der Waals surface area contributed by atoms with Crippen LogP contribution in [0.25, 0.3) is 0 Å². The molecular formula is C15H24N2O. The zero-order valence-electron chi connectivity index (χ0n) is 11.8. The number of benzene rings is 1. The first kappa shape index (κ1) is 14.7. The van der Waals surface area contributed by atoms with Crippen molar-refractivity contribution >= 4 is 5.91 Å². The Morgan fingerprint density at radius 1 is 1.39 bits per heavy atom. The molecule has 0 fully saturated rings. The quantitative estimate of drug-likeness (QED) is 0.841. The predicted octanol–water partition coefficient (Wildman–Crippen LogP) is 2.47. The van der Waals surface area contributed by atoms with E-state index in [0.717, 1.165) is 6.42 Å². The largest absolute Gasteiger partial charge is 0.349 e. The van der Waals surface area contributed by atoms with Gasteiger partial charge in [-0.3, -0.25) is 4.79 Å². The molecule has 2 unspecified atom stereocenters. The molecule has 3 nitrogen and oxygen atoms in total. The summed E-state index contributed by atoms with van der Waals surface area (Å²) in [6.45, 7) is 8.54. The van der Waals surface area contributed by atoms with E-state index in [2.05, 4.69) is 37.4 Å². The van der Waals surface area contributed by atoms with E-state index < -0.39 is 0 Å². The second-order valence-electron chi connectivity index (χ2n) is 4.93. The number of hydrogen-bond donors (Lipinski definition) is 2. The molecule has 0 saturated carbocycles. The molecule has 100 valence electrons. The van der Waals surface area contributed by atoms with Gasteiger partial charge in [0.05, 0.1) is 6.04 Å². The summed E-state index contributed by atoms with van der Waals surface area (Å²) in [4.78, 5) is 12.0. The Bertz CT molecular complexity index is 411. The number of carbonyl (C=O) groups excluding carboxylic acids is 1. The predicted molar refractivity (Wildman–Crippen MR) is 75.3 cm³/mol. The first-order valence-corrected chi connectivity index (χ1v) is 6.57. The van der Waals surface area contributed by atoms with Crippen LogP contribution in [0.3, 0.4) is 0 Å². The monoisotopic (exact) mass is 248 g/mol. The molecule has 0 spiro atoms. The Morgan fingerprint density at radius 2 is 2.06 bits per heavy atom. The Hall–Kier alpha value is -1.35. The lowest BCUT2D eigenvalue weighted by Gasteiger charge is -2.20. The molecule has 0 radical (unpaired) electrons. The van der Waals surface area contributed by atoms with Crippen LogP contribution in [0, 0.1) is 19.8 Å². The molecule has 0 aliphatic rings. The molecule has 2 atom stereocenters. The molecule has 18 heavy (non-hydrogen) atoms. The molecule has 3 N–H and O–H groups in total. The maximum Gasteiger partial charge on any atom is 0.224 e. The van der Waals surface area contributed by atoms with Gasteiger partial charge < -0.3 is 11.1 Å². The maximum atomic E-state index is 12.0. The van der Waals surface area contributed by atoms with Gasteiger partial charge in [0.2, 0.25) is 5.91 Å². The number of carbonyl (C=O) groups is 1. The van der Waals surface area contributed by atoms with Crippen LogP contribution < -0.4 is 11.1 Å². The number of nitrogens with one attached hydrogen (secondary N) is 1. The normalized spacial score (nSPS) is 14.1. The standard InChI is InChI=1S/C15H24N2O/c1-5-13(9-16)15(18)17-12(4)14-8-10(2)6-7-11(14)3/h6-8,12-13H,5,9,16H2,1-4H3,(H,17,18). The number of hydrogen-bond acceptors (Lipinski definition) is 2. The van der Waals surface area contributed by atoms with E-state index in [1.807, 2.05) is 13.8 Å². The minimum absolute atomic E-state index is 0.0259. The summed E-state index contributed by atoms with van der Waals surface area (Å²) in [7, 11) is 0. The fourth-order valence-electron chi connectivity index (χ4n) is 2.09. The first-order chi connectivity index (χ1) is 8.49. The van der Waals surface area contributed by atoms with Gasteiger partial charge in [-0.25, -0.2) is 0 Å². The van der Waals surface area contributed by atoms with Crippen molar-refractivity contribution < 1.29 is 4.79 Å². The third kappa shape index (κ3) is 3.57. The van der Waals surface area contributed by atoms with Crippen LogP contribution in [0.15, 0.2) is 18.2 Å². The molecule has 0 bridgehead atoms. The summed E-state index contributed by atoms with van der Waals surface area (Å²) in [5, 5.41) is 3.05. The zero-order valence-corrected chi connectivity index (χ0v) is 11.8. The van der Waals surface area contributed by atoms with Gasteiger partial charge in [0.15, 0.2) is 0 Å². The van der Waals surface area contributed by atoms with Crippen LogP contribution in [0.5, 0.6) is 0 Å². The molecule has 1 aromatic carbocycles. The van der Waals surface area contributed by atoms with Crippen molar-refractivity contribution in [3.05, 3.63) is 34.9 Å². The van der Waals surface area contributed by atoms with E-state index in [1.165, 1.54) is 16.7 Å². The molecule has 0 aliphatic heterocycles. The second kappa shape index (κ2) is 6.55. The summed E-state index contributed by atoms with van der Waals surface area (Å²) in [5.41, 5.74) is 9.18. The van der Waals surface area contributed by atoms with Crippen LogP contribution in [0.4, 0.5) is 0 Å². The van der Waals surface area contributed by atoms with E-state index in [0.29, 0.717) is 6.54 Å². The van der Waals surface area contributed by atoms with Gasteiger partial charge in [-0.2, -0.15) is 0 Å². The summed E-state index contributed by atoms with van der Waals surface area (Å²) in [6.07, 6.45) is 0.780. The third-order valence-corrected chi connectivity index (χ3v) is 3.41. The minimum Gasteiger partial charge on any atom is -0.349 e. The molecule has 0 saturated heterocycles. The van der Waals surface area contributed by atoms with Crippen LogP contribution >= 0.6 is 0 Å². The average molecular weight is 248 g/mol. The van der Waals surface area contributed by atoms with Crippen molar-refractivity contribution in [2.75, 3.05) is 6.54 Å². The van der Waals surface area contributed by atoms with Gasteiger partial charge in [-0.05, 0) is 38.3 Å². The van der Waals surface area contributed by atoms with Gasteiger partial charge >= 0.3 is 0 Å². The van der Waals surface area contributed by atoms with Crippen molar-refractivity contribution in [3.63, 3.8) is 0 Å². The molecule has 1 amide bonds. The van der Waals surface area contributed by atoms with E-state index >= 15 is 0 Å². The lowest BCUT2D eigenvalue weighted by molar-refractivity contribution is -0.125. The average Bonchev–Trinajstić information content (AvgIpc) is 2.33. The van der Waals surface area contributed by atoms with Gasteiger partial charge in [-0.15, -0.1) is 0 Å². The third-order valence-electron chi connectivity index (χ3n) is 3.41. The Balaban J connectivity index is 2.79. The Labute approximate surface area is 110 Å². The molecule has 1 aromatic rings. The fourth-order valence-corrected chi connectivity index (χ4v) is 2.09. The van der Waals surface area contributed by atoms with E-state index in [4.69, 9.17) is 5.73 Å². The number of aryl methyl sites for hydroxylation is 2. The van der Waals surface area contributed by atoms with Crippen molar-refractivity contribution in [2.24, 2.45) is 11.7 Å². The maximum absolute atomic E-state index is 12.0. The summed E-state index contributed by atoms with van der Waals surface area (Å²) in [5.74, 6) is -0.0361. The topological polar surface area (TPSA) is 55.1 Å². The number of rotatable bonds is 5. The summed E-state index contributed by atoms with van der Waals surface area (Å²) < 4.78 is 0. The fraction of sp³-hybridized carbons (Fsp3) is 0.533. The Morgan fingerprint density at radius 3 is 2.61 bits per heavy atom. The lowest BCUT2D eigenvalue weighted by Crippen LogP contribution is -2.36. The van der Waals surface area contributed by atoms with E-state index in [1.54, 1.807) is 0 Å². The van der Waals surface area contributed by atoms with Crippen molar-refractivity contribution in [1.29, 1.82) is 0 Å². The van der Waals surface area contributed by atoms with Gasteiger partial charge in [-0.1, -0.05) is 30.7 Å². The van der Waals surface area contributed by atoms with Crippen LogP contribution in [0.1, 0.15) is 43.0 Å². The number of amides is 1. The second-order valence-corrected chi connectivity index (χ2v) is 4.93. The van der Waals surface area contributed by atoms with E-state index in [-0.39, 0.29) is 17.9 Å². The highest BCUT2D eigenvalue weighted by molar-refractivity contribution is 5.79. The molecular weight excluding hydrogens is 224 g/mol. The summed E-state index contributed by atoms with van der Waals surface area (Å²) in [6, 6.07) is 6.33. The van der Waals surface area contributed by atoms with Crippen molar-refractivity contribution in [1.82, 2.24) is 5.32 Å². The van der Waals surface area contributed by atoms with Crippen LogP contribution in [-0.4, -0.2) is 12.5 Å². The van der Waals surface area contributed by atoms with Crippen LogP contribution in [-0.2, 0) is 4.79 Å². The smallest absolute Gasteiger partial charge is 0.224 e. The number of nitrogens with two attached hydrogens (primary N) is 1. The van der Waals surface area contributed by atoms with E-state index in [9.17, 15) is 4.79 Å². The molecule has 0 aromatic heterocycles. The van der Waals surface area contributed by atoms with Crippen molar-refractivity contribution in [3.8, 4) is 0 Å². The highest BCUT2D eigenvalue weighted by Gasteiger charge is 2.18. The van der Waals surface area contributed by atoms with Crippen molar-refractivity contribution in [2.45, 2.75) is 40.2 Å². The lowest BCUT2D eigenvalue weighted by atomic mass is 9.98. The van der Waals surface area contributed by atoms with Gasteiger partial charge in [0.1, 0.15) is 0 Å².